The third-order valence-corrected chi connectivity index (χ3v) is 1.97. The number of hydrogen-bond acceptors (Lipinski definition) is 9. The number of carbonyl (C=O) groups excluding carboxylic acids is 2. The van der Waals surface area contributed by atoms with Crippen LogP contribution in [0.3, 0.4) is 0 Å². The van der Waals surface area contributed by atoms with Crippen molar-refractivity contribution in [1.82, 2.24) is 0 Å². The molecule has 0 bridgehead atoms. The quantitative estimate of drug-likeness (QED) is 0.379. The zero-order valence-electron chi connectivity index (χ0n) is 12.3. The van der Waals surface area contributed by atoms with Crippen LogP contribution in [0.1, 0.15) is 0 Å². The highest BCUT2D eigenvalue weighted by Crippen LogP contribution is 1.86. The molecule has 21 heavy (non-hydrogen) atoms. The van der Waals surface area contributed by atoms with Gasteiger partial charge >= 0.3 is 12.3 Å². The Balaban J connectivity index is 3.06. The Morgan fingerprint density at radius 3 is 1.14 bits per heavy atom. The molecule has 9 heteroatoms. The maximum atomic E-state index is 10.6. The fraction of sp³-hybridized carbons (Fsp3) is 0.833. The number of ether oxygens (including phenoxy) is 7. The summed E-state index contributed by atoms with van der Waals surface area (Å²) in [4.78, 5) is 21.2. The van der Waals surface area contributed by atoms with Gasteiger partial charge in [0.2, 0.25) is 0 Å². The van der Waals surface area contributed by atoms with Gasteiger partial charge in [-0.15, -0.1) is 0 Å². The molecule has 9 nitrogen and oxygen atoms in total. The van der Waals surface area contributed by atoms with Crippen LogP contribution in [0.4, 0.5) is 9.59 Å². The van der Waals surface area contributed by atoms with E-state index in [4.69, 9.17) is 14.2 Å². The molecule has 0 saturated carbocycles. The molecular formula is C12H22O9. The van der Waals surface area contributed by atoms with E-state index >= 15 is 0 Å². The molecule has 0 aromatic rings. The van der Waals surface area contributed by atoms with E-state index in [1.54, 1.807) is 0 Å². The van der Waals surface area contributed by atoms with Crippen LogP contribution >= 0.6 is 0 Å². The van der Waals surface area contributed by atoms with Crippen molar-refractivity contribution < 1.29 is 42.7 Å². The SMILES string of the molecule is COC(=O)OCCOCCOCCOCCOC(=O)OC. The average Bonchev–Trinajstić information content (AvgIpc) is 2.51. The first-order valence-electron chi connectivity index (χ1n) is 6.35. The van der Waals surface area contributed by atoms with Gasteiger partial charge in [0.25, 0.3) is 0 Å². The maximum absolute atomic E-state index is 10.6. The standard InChI is InChI=1S/C12H22O9/c1-15-11(13)20-9-7-18-5-3-17-4-6-19-8-10-21-12(14)16-2/h3-10H2,1-2H3. The molecule has 0 amide bonds. The Morgan fingerprint density at radius 2 is 0.857 bits per heavy atom. The summed E-state index contributed by atoms with van der Waals surface area (Å²) in [5.41, 5.74) is 0. The fourth-order valence-electron chi connectivity index (χ4n) is 1.03. The van der Waals surface area contributed by atoms with E-state index < -0.39 is 12.3 Å². The van der Waals surface area contributed by atoms with Gasteiger partial charge in [0.05, 0.1) is 53.9 Å². The van der Waals surface area contributed by atoms with Gasteiger partial charge in [0.1, 0.15) is 13.2 Å². The maximum Gasteiger partial charge on any atom is 0.508 e. The summed E-state index contributed by atoms with van der Waals surface area (Å²) in [6.07, 6.45) is -1.47. The van der Waals surface area contributed by atoms with Crippen LogP contribution in [-0.2, 0) is 33.2 Å². The number of rotatable bonds is 12. The topological polar surface area (TPSA) is 98.8 Å². The van der Waals surface area contributed by atoms with Gasteiger partial charge in [-0.25, -0.2) is 9.59 Å². The van der Waals surface area contributed by atoms with E-state index in [-0.39, 0.29) is 26.4 Å². The summed E-state index contributed by atoms with van der Waals surface area (Å²) in [5, 5.41) is 0. The summed E-state index contributed by atoms with van der Waals surface area (Å²) in [6.45, 7) is 2.40. The zero-order valence-corrected chi connectivity index (χ0v) is 12.3. The predicted octanol–water partition coefficient (Wildman–Crippen LogP) is 0.602. The summed E-state index contributed by atoms with van der Waals surface area (Å²) < 4.78 is 33.3. The number of methoxy groups -OCH3 is 2. The lowest BCUT2D eigenvalue weighted by Gasteiger charge is -2.07. The Kier molecular flexibility index (Phi) is 13.7. The van der Waals surface area contributed by atoms with Crippen molar-refractivity contribution >= 4 is 12.3 Å². The second-order valence-corrected chi connectivity index (χ2v) is 3.44. The molecule has 0 atom stereocenters. The zero-order chi connectivity index (χ0) is 15.8. The molecule has 124 valence electrons. The van der Waals surface area contributed by atoms with Gasteiger partial charge < -0.3 is 33.2 Å². The number of carbonyl (C=O) groups is 2. The summed E-state index contributed by atoms with van der Waals surface area (Å²) >= 11 is 0. The van der Waals surface area contributed by atoms with Crippen LogP contribution in [0.2, 0.25) is 0 Å². The van der Waals surface area contributed by atoms with E-state index in [0.717, 1.165) is 0 Å². The van der Waals surface area contributed by atoms with Gasteiger partial charge in [-0.2, -0.15) is 0 Å². The molecule has 0 N–H and O–H groups in total. The lowest BCUT2D eigenvalue weighted by atomic mass is 10.7. The third kappa shape index (κ3) is 14.6. The van der Waals surface area contributed by atoms with Gasteiger partial charge in [-0.05, 0) is 0 Å². The fourth-order valence-corrected chi connectivity index (χ4v) is 1.03. The Morgan fingerprint density at radius 1 is 0.571 bits per heavy atom. The van der Waals surface area contributed by atoms with E-state index in [0.29, 0.717) is 26.4 Å². The van der Waals surface area contributed by atoms with Crippen molar-refractivity contribution in [3.8, 4) is 0 Å². The summed E-state index contributed by atoms with van der Waals surface area (Å²) in [5.74, 6) is 0. The Hall–Kier alpha value is -1.58. The highest BCUT2D eigenvalue weighted by Gasteiger charge is 2.00. The average molecular weight is 310 g/mol. The number of hydrogen-bond donors (Lipinski definition) is 0. The van der Waals surface area contributed by atoms with Crippen molar-refractivity contribution in [2.24, 2.45) is 0 Å². The molecule has 0 aliphatic rings. The second-order valence-electron chi connectivity index (χ2n) is 3.44. The molecule has 0 unspecified atom stereocenters. The van der Waals surface area contributed by atoms with Crippen LogP contribution in [-0.4, -0.2) is 79.4 Å². The molecule has 0 aromatic heterocycles. The van der Waals surface area contributed by atoms with Crippen molar-refractivity contribution in [3.63, 3.8) is 0 Å². The van der Waals surface area contributed by atoms with Crippen LogP contribution < -0.4 is 0 Å². The lowest BCUT2D eigenvalue weighted by Crippen LogP contribution is -2.15. The molecule has 0 saturated heterocycles. The smallest absolute Gasteiger partial charge is 0.438 e. The monoisotopic (exact) mass is 310 g/mol. The van der Waals surface area contributed by atoms with Crippen LogP contribution in [0.25, 0.3) is 0 Å². The van der Waals surface area contributed by atoms with Crippen molar-refractivity contribution in [2.75, 3.05) is 67.1 Å². The lowest BCUT2D eigenvalue weighted by molar-refractivity contribution is -0.00856. The van der Waals surface area contributed by atoms with Crippen LogP contribution in [0, 0.1) is 0 Å². The van der Waals surface area contributed by atoms with Crippen LogP contribution in [0.5, 0.6) is 0 Å². The summed E-state index contributed by atoms with van der Waals surface area (Å²) in [6, 6.07) is 0. The minimum Gasteiger partial charge on any atom is -0.438 e. The molecule has 0 spiro atoms. The van der Waals surface area contributed by atoms with Gasteiger partial charge in [0, 0.05) is 0 Å². The highest BCUT2D eigenvalue weighted by molar-refractivity contribution is 5.59. The first-order chi connectivity index (χ1) is 10.2. The van der Waals surface area contributed by atoms with E-state index in [1.165, 1.54) is 14.2 Å². The molecule has 0 aromatic carbocycles. The molecule has 0 fully saturated rings. The predicted molar refractivity (Wildman–Crippen MR) is 69.2 cm³/mol. The van der Waals surface area contributed by atoms with Gasteiger partial charge in [-0.1, -0.05) is 0 Å². The molecule has 0 rings (SSSR count). The summed E-state index contributed by atoms with van der Waals surface area (Å²) in [7, 11) is 2.47. The Bertz CT molecular complexity index is 243. The van der Waals surface area contributed by atoms with E-state index in [2.05, 4.69) is 18.9 Å². The highest BCUT2D eigenvalue weighted by atomic mass is 16.7. The van der Waals surface area contributed by atoms with Gasteiger partial charge in [0.15, 0.2) is 0 Å². The molecular weight excluding hydrogens is 288 g/mol. The first-order valence-corrected chi connectivity index (χ1v) is 6.35. The first kappa shape index (κ1) is 19.4. The molecule has 0 radical (unpaired) electrons. The normalized spacial score (nSPS) is 10.0. The van der Waals surface area contributed by atoms with Crippen molar-refractivity contribution in [1.29, 1.82) is 0 Å². The van der Waals surface area contributed by atoms with Gasteiger partial charge in [-0.3, -0.25) is 0 Å². The van der Waals surface area contributed by atoms with Crippen molar-refractivity contribution in [2.45, 2.75) is 0 Å². The van der Waals surface area contributed by atoms with E-state index in [1.807, 2.05) is 0 Å². The largest absolute Gasteiger partial charge is 0.508 e. The third-order valence-electron chi connectivity index (χ3n) is 1.97. The van der Waals surface area contributed by atoms with E-state index in [9.17, 15) is 9.59 Å². The Labute approximate surface area is 123 Å². The minimum absolute atomic E-state index is 0.135. The van der Waals surface area contributed by atoms with Crippen molar-refractivity contribution in [3.05, 3.63) is 0 Å². The molecule has 0 heterocycles. The molecule has 0 aliphatic carbocycles. The second kappa shape index (κ2) is 14.8. The molecule has 0 aliphatic heterocycles. The minimum atomic E-state index is -0.733. The van der Waals surface area contributed by atoms with Crippen LogP contribution in [0.15, 0.2) is 0 Å².